The van der Waals surface area contributed by atoms with Crippen molar-refractivity contribution in [2.75, 3.05) is 6.54 Å². The van der Waals surface area contributed by atoms with Crippen molar-refractivity contribution in [1.82, 2.24) is 5.59 Å². The molecule has 0 aromatic heterocycles. The fourth-order valence-electron chi connectivity index (χ4n) is 0.708. The Hall–Kier alpha value is -1.14. The molecule has 0 bridgehead atoms. The summed E-state index contributed by atoms with van der Waals surface area (Å²) in [5.41, 5.74) is 6.57. The van der Waals surface area contributed by atoms with Crippen molar-refractivity contribution in [2.24, 2.45) is 10.8 Å². The molecule has 0 saturated carbocycles. The van der Waals surface area contributed by atoms with Gasteiger partial charge < -0.3 is 10.8 Å². The smallest absolute Gasteiger partial charge is 0.352 e. The highest BCUT2D eigenvalue weighted by Gasteiger charge is 2.08. The highest BCUT2D eigenvalue weighted by atomic mass is 16.5. The summed E-state index contributed by atoms with van der Waals surface area (Å²) in [6.07, 6.45) is 1.71. The van der Waals surface area contributed by atoms with Gasteiger partial charge in [-0.2, -0.15) is 10.7 Å². The second-order valence-corrected chi connectivity index (χ2v) is 2.21. The fraction of sp³-hybridized carbons (Fsp3) is 0.667. The van der Waals surface area contributed by atoms with Crippen LogP contribution in [0.4, 0.5) is 0 Å². The molecule has 0 aromatic rings. The molecule has 0 aliphatic rings. The molecule has 6 nitrogen and oxygen atoms in total. The van der Waals surface area contributed by atoms with Crippen molar-refractivity contribution in [3.63, 3.8) is 0 Å². The van der Waals surface area contributed by atoms with Gasteiger partial charge in [0.15, 0.2) is 0 Å². The van der Waals surface area contributed by atoms with Gasteiger partial charge in [0.05, 0.1) is 0 Å². The van der Waals surface area contributed by atoms with Crippen molar-refractivity contribution < 1.29 is 15.1 Å². The van der Waals surface area contributed by atoms with E-state index in [1.165, 1.54) is 5.59 Å². The lowest BCUT2D eigenvalue weighted by Crippen LogP contribution is -2.17. The molecule has 5 N–H and O–H groups in total. The summed E-state index contributed by atoms with van der Waals surface area (Å²) in [5, 5.41) is 19.8. The zero-order valence-electron chi connectivity index (χ0n) is 6.66. The first-order valence-electron chi connectivity index (χ1n) is 3.61. The first-order valence-corrected chi connectivity index (χ1v) is 3.61. The number of unbranched alkanes of at least 4 members (excludes halogenated alkanes) is 1. The summed E-state index contributed by atoms with van der Waals surface area (Å²) in [6.45, 7) is 0.527. The van der Waals surface area contributed by atoms with Crippen LogP contribution >= 0.6 is 0 Å². The van der Waals surface area contributed by atoms with E-state index in [0.29, 0.717) is 19.4 Å². The Morgan fingerprint density at radius 3 is 2.58 bits per heavy atom. The monoisotopic (exact) mass is 175 g/mol. The van der Waals surface area contributed by atoms with E-state index in [-0.39, 0.29) is 5.71 Å². The minimum atomic E-state index is -1.13. The van der Waals surface area contributed by atoms with Crippen LogP contribution in [0.1, 0.15) is 19.3 Å². The van der Waals surface area contributed by atoms with E-state index in [9.17, 15) is 4.79 Å². The molecule has 0 aliphatic carbocycles. The number of hydrogen-bond donors (Lipinski definition) is 4. The van der Waals surface area contributed by atoms with Crippen molar-refractivity contribution in [2.45, 2.75) is 19.3 Å². The van der Waals surface area contributed by atoms with Crippen molar-refractivity contribution in [3.05, 3.63) is 0 Å². The normalized spacial score (nSPS) is 11.3. The predicted octanol–water partition coefficient (Wildman–Crippen LogP) is -0.465. The number of carboxylic acids is 1. The van der Waals surface area contributed by atoms with Gasteiger partial charge in [0, 0.05) is 0 Å². The molecule has 0 saturated heterocycles. The first-order chi connectivity index (χ1) is 5.72. The molecular weight excluding hydrogens is 162 g/mol. The van der Waals surface area contributed by atoms with Gasteiger partial charge in [0.2, 0.25) is 0 Å². The fourth-order valence-corrected chi connectivity index (χ4v) is 0.708. The predicted molar refractivity (Wildman–Crippen MR) is 42.9 cm³/mol. The van der Waals surface area contributed by atoms with Crippen LogP contribution in [0, 0.1) is 0 Å². The Labute approximate surface area is 70.0 Å². The third-order valence-electron chi connectivity index (χ3n) is 1.30. The summed E-state index contributed by atoms with van der Waals surface area (Å²) < 4.78 is 0. The standard InChI is InChI=1S/C6H13N3O3/c7-4-2-1-3-5(6(10)11)8-9-12/h9,12H,1-4,7H2,(H,10,11). The molecule has 0 spiro atoms. The summed E-state index contributed by atoms with van der Waals surface area (Å²) in [4.78, 5) is 10.4. The zero-order chi connectivity index (χ0) is 9.40. The maximum absolute atomic E-state index is 10.4. The molecule has 0 radical (unpaired) electrons. The molecule has 0 aromatic carbocycles. The van der Waals surface area contributed by atoms with Crippen molar-refractivity contribution >= 4 is 11.7 Å². The van der Waals surface area contributed by atoms with E-state index < -0.39 is 5.97 Å². The average molecular weight is 175 g/mol. The van der Waals surface area contributed by atoms with E-state index in [2.05, 4.69) is 5.10 Å². The largest absolute Gasteiger partial charge is 0.477 e. The Morgan fingerprint density at radius 2 is 2.17 bits per heavy atom. The van der Waals surface area contributed by atoms with Crippen LogP contribution in [0.5, 0.6) is 0 Å². The number of nitrogens with zero attached hydrogens (tertiary/aromatic N) is 1. The van der Waals surface area contributed by atoms with Crippen LogP contribution in [0.25, 0.3) is 0 Å². The molecule has 70 valence electrons. The lowest BCUT2D eigenvalue weighted by Gasteiger charge is -1.98. The third kappa shape index (κ3) is 4.64. The molecule has 0 amide bonds. The number of nitrogens with two attached hydrogens (primary N) is 1. The van der Waals surface area contributed by atoms with Crippen LogP contribution in [0.15, 0.2) is 5.10 Å². The Bertz CT molecular complexity index is 169. The Balaban J connectivity index is 3.81. The van der Waals surface area contributed by atoms with E-state index in [1.54, 1.807) is 0 Å². The summed E-state index contributed by atoms with van der Waals surface area (Å²) in [7, 11) is 0. The minimum Gasteiger partial charge on any atom is -0.477 e. The van der Waals surface area contributed by atoms with Gasteiger partial charge >= 0.3 is 5.97 Å². The number of hydrogen-bond acceptors (Lipinski definition) is 5. The third-order valence-corrected chi connectivity index (χ3v) is 1.30. The lowest BCUT2D eigenvalue weighted by molar-refractivity contribution is -0.129. The molecule has 0 fully saturated rings. The van der Waals surface area contributed by atoms with Gasteiger partial charge in [-0.25, -0.2) is 4.79 Å². The quantitative estimate of drug-likeness (QED) is 0.248. The van der Waals surface area contributed by atoms with E-state index in [0.717, 1.165) is 6.42 Å². The van der Waals surface area contributed by atoms with E-state index >= 15 is 0 Å². The zero-order valence-corrected chi connectivity index (χ0v) is 6.66. The summed E-state index contributed by atoms with van der Waals surface area (Å²) in [6, 6.07) is 0. The van der Waals surface area contributed by atoms with Crippen LogP contribution < -0.4 is 11.3 Å². The number of aliphatic carboxylic acids is 1. The molecule has 0 unspecified atom stereocenters. The summed E-state index contributed by atoms with van der Waals surface area (Å²) in [5.74, 6) is -1.13. The highest BCUT2D eigenvalue weighted by Crippen LogP contribution is 1.96. The maximum atomic E-state index is 10.4. The number of carboxylic acid groups (broad SMARTS) is 1. The number of rotatable bonds is 6. The van der Waals surface area contributed by atoms with E-state index in [1.807, 2.05) is 0 Å². The van der Waals surface area contributed by atoms with Crippen LogP contribution in [0.3, 0.4) is 0 Å². The molecule has 6 heteroatoms. The minimum absolute atomic E-state index is 0.0917. The number of hydrazone groups is 1. The molecule has 0 heterocycles. The molecule has 0 rings (SSSR count). The van der Waals surface area contributed by atoms with Gasteiger partial charge in [-0.1, -0.05) is 0 Å². The molecule has 0 atom stereocenters. The molecule has 12 heavy (non-hydrogen) atoms. The molecular formula is C6H13N3O3. The maximum Gasteiger partial charge on any atom is 0.352 e. The van der Waals surface area contributed by atoms with Gasteiger partial charge in [0.25, 0.3) is 0 Å². The Morgan fingerprint density at radius 1 is 1.50 bits per heavy atom. The van der Waals surface area contributed by atoms with E-state index in [4.69, 9.17) is 16.0 Å². The van der Waals surface area contributed by atoms with Crippen molar-refractivity contribution in [1.29, 1.82) is 0 Å². The van der Waals surface area contributed by atoms with Gasteiger partial charge in [0.1, 0.15) is 5.71 Å². The number of carbonyl (C=O) groups is 1. The highest BCUT2D eigenvalue weighted by molar-refractivity contribution is 6.35. The van der Waals surface area contributed by atoms with Gasteiger partial charge in [-0.05, 0) is 25.8 Å². The second-order valence-electron chi connectivity index (χ2n) is 2.21. The topological polar surface area (TPSA) is 108 Å². The SMILES string of the molecule is NCCCCC(=NNO)C(=O)O. The lowest BCUT2D eigenvalue weighted by atomic mass is 10.2. The second kappa shape index (κ2) is 6.56. The van der Waals surface area contributed by atoms with Crippen molar-refractivity contribution in [3.8, 4) is 0 Å². The van der Waals surface area contributed by atoms with Gasteiger partial charge in [-0.15, -0.1) is 0 Å². The number of nitrogens with one attached hydrogen (secondary N) is 1. The average Bonchev–Trinajstić information content (AvgIpc) is 2.03. The van der Waals surface area contributed by atoms with Crippen LogP contribution in [0.2, 0.25) is 0 Å². The Kier molecular flexibility index (Phi) is 5.94. The molecule has 0 aliphatic heterocycles. The summed E-state index contributed by atoms with van der Waals surface area (Å²) >= 11 is 0. The van der Waals surface area contributed by atoms with Crippen LogP contribution in [-0.4, -0.2) is 28.5 Å². The first kappa shape index (κ1) is 10.9. The van der Waals surface area contributed by atoms with Crippen LogP contribution in [-0.2, 0) is 4.79 Å². The van der Waals surface area contributed by atoms with Gasteiger partial charge in [-0.3, -0.25) is 5.21 Å².